The predicted octanol–water partition coefficient (Wildman–Crippen LogP) is 3.96. The van der Waals surface area contributed by atoms with Gasteiger partial charge in [-0.1, -0.05) is 62.9 Å². The molecule has 0 radical (unpaired) electrons. The first-order chi connectivity index (χ1) is 8.31. The van der Waals surface area contributed by atoms with E-state index in [0.717, 1.165) is 5.92 Å². The first-order valence-electron chi connectivity index (χ1n) is 7.03. The standard InChI is InChI=1S/C16H25N/c1-13(15-10-4-3-5-11-15)16(17-2)12-14-8-6-7-9-14/h3-5,10-11,13-14,16-17H,6-9,12H2,1-2H3. The van der Waals surface area contributed by atoms with Gasteiger partial charge in [-0.3, -0.25) is 0 Å². The molecule has 1 nitrogen and oxygen atoms in total. The van der Waals surface area contributed by atoms with Crippen molar-refractivity contribution in [3.05, 3.63) is 35.9 Å². The van der Waals surface area contributed by atoms with Crippen molar-refractivity contribution in [1.82, 2.24) is 5.32 Å². The van der Waals surface area contributed by atoms with Crippen molar-refractivity contribution < 1.29 is 0 Å². The molecule has 1 fully saturated rings. The van der Waals surface area contributed by atoms with Gasteiger partial charge in [0.25, 0.3) is 0 Å². The van der Waals surface area contributed by atoms with Crippen LogP contribution in [-0.2, 0) is 0 Å². The molecule has 94 valence electrons. The lowest BCUT2D eigenvalue weighted by Crippen LogP contribution is -2.32. The van der Waals surface area contributed by atoms with E-state index in [1.54, 1.807) is 0 Å². The van der Waals surface area contributed by atoms with E-state index in [1.165, 1.54) is 37.7 Å². The molecule has 1 aromatic rings. The summed E-state index contributed by atoms with van der Waals surface area (Å²) in [4.78, 5) is 0. The van der Waals surface area contributed by atoms with Crippen LogP contribution in [0.2, 0.25) is 0 Å². The second-order valence-corrected chi connectivity index (χ2v) is 5.48. The Kier molecular flexibility index (Phi) is 4.61. The number of likely N-dealkylation sites (N-methyl/N-ethyl adjacent to an activating group) is 1. The average Bonchev–Trinajstić information content (AvgIpc) is 2.89. The molecule has 1 aromatic carbocycles. The molecule has 0 spiro atoms. The van der Waals surface area contributed by atoms with E-state index in [0.29, 0.717) is 12.0 Å². The first-order valence-corrected chi connectivity index (χ1v) is 7.03. The Bertz CT molecular complexity index is 314. The Hall–Kier alpha value is -0.820. The van der Waals surface area contributed by atoms with E-state index in [-0.39, 0.29) is 0 Å². The monoisotopic (exact) mass is 231 g/mol. The zero-order valence-electron chi connectivity index (χ0n) is 11.2. The summed E-state index contributed by atoms with van der Waals surface area (Å²) >= 11 is 0. The Morgan fingerprint density at radius 3 is 2.41 bits per heavy atom. The van der Waals surface area contributed by atoms with Gasteiger partial charge in [0.1, 0.15) is 0 Å². The highest BCUT2D eigenvalue weighted by atomic mass is 14.9. The highest BCUT2D eigenvalue weighted by Crippen LogP contribution is 2.32. The Labute approximate surface area is 106 Å². The van der Waals surface area contributed by atoms with E-state index in [2.05, 4.69) is 49.6 Å². The Balaban J connectivity index is 1.97. The molecule has 1 saturated carbocycles. The zero-order valence-corrected chi connectivity index (χ0v) is 11.2. The quantitative estimate of drug-likeness (QED) is 0.809. The van der Waals surface area contributed by atoms with Crippen LogP contribution in [0.5, 0.6) is 0 Å². The summed E-state index contributed by atoms with van der Waals surface area (Å²) in [6.07, 6.45) is 7.12. The van der Waals surface area contributed by atoms with Crippen molar-refractivity contribution in [1.29, 1.82) is 0 Å². The summed E-state index contributed by atoms with van der Waals surface area (Å²) in [6.45, 7) is 2.35. The normalized spacial score (nSPS) is 20.4. The van der Waals surface area contributed by atoms with Crippen LogP contribution in [-0.4, -0.2) is 13.1 Å². The minimum absolute atomic E-state index is 0.613. The van der Waals surface area contributed by atoms with Gasteiger partial charge < -0.3 is 5.32 Å². The molecular weight excluding hydrogens is 206 g/mol. The van der Waals surface area contributed by atoms with Crippen molar-refractivity contribution in [2.24, 2.45) is 5.92 Å². The average molecular weight is 231 g/mol. The summed E-state index contributed by atoms with van der Waals surface area (Å²) in [5.41, 5.74) is 1.46. The second kappa shape index (κ2) is 6.20. The van der Waals surface area contributed by atoms with Crippen LogP contribution in [0.4, 0.5) is 0 Å². The maximum absolute atomic E-state index is 3.53. The van der Waals surface area contributed by atoms with Crippen molar-refractivity contribution in [3.63, 3.8) is 0 Å². The van der Waals surface area contributed by atoms with Crippen LogP contribution in [0.3, 0.4) is 0 Å². The molecule has 1 heteroatoms. The molecule has 2 rings (SSSR count). The summed E-state index contributed by atoms with van der Waals surface area (Å²) in [5.74, 6) is 1.57. The Morgan fingerprint density at radius 2 is 1.82 bits per heavy atom. The van der Waals surface area contributed by atoms with Crippen molar-refractivity contribution in [3.8, 4) is 0 Å². The third-order valence-electron chi connectivity index (χ3n) is 4.36. The molecule has 17 heavy (non-hydrogen) atoms. The third kappa shape index (κ3) is 3.32. The molecule has 2 unspecified atom stereocenters. The molecule has 0 heterocycles. The summed E-state index contributed by atoms with van der Waals surface area (Å²) in [7, 11) is 2.11. The van der Waals surface area contributed by atoms with Gasteiger partial charge in [-0.15, -0.1) is 0 Å². The smallest absolute Gasteiger partial charge is 0.0133 e. The number of rotatable bonds is 5. The summed E-state index contributed by atoms with van der Waals surface area (Å²) in [5, 5.41) is 3.53. The van der Waals surface area contributed by atoms with Crippen LogP contribution in [0.25, 0.3) is 0 Å². The molecule has 1 aliphatic rings. The largest absolute Gasteiger partial charge is 0.316 e. The number of hydrogen-bond acceptors (Lipinski definition) is 1. The van der Waals surface area contributed by atoms with E-state index < -0.39 is 0 Å². The van der Waals surface area contributed by atoms with Gasteiger partial charge >= 0.3 is 0 Å². The highest BCUT2D eigenvalue weighted by molar-refractivity contribution is 5.20. The molecule has 0 aliphatic heterocycles. The van der Waals surface area contributed by atoms with Gasteiger partial charge in [0.15, 0.2) is 0 Å². The van der Waals surface area contributed by atoms with Gasteiger partial charge in [0.2, 0.25) is 0 Å². The summed E-state index contributed by atoms with van der Waals surface area (Å²) in [6, 6.07) is 11.5. The van der Waals surface area contributed by atoms with E-state index in [4.69, 9.17) is 0 Å². The van der Waals surface area contributed by atoms with E-state index in [9.17, 15) is 0 Å². The van der Waals surface area contributed by atoms with Crippen molar-refractivity contribution in [2.75, 3.05) is 7.05 Å². The fraction of sp³-hybridized carbons (Fsp3) is 0.625. The lowest BCUT2D eigenvalue weighted by Gasteiger charge is -2.26. The zero-order chi connectivity index (χ0) is 12.1. The molecule has 0 bridgehead atoms. The summed E-state index contributed by atoms with van der Waals surface area (Å²) < 4.78 is 0. The maximum atomic E-state index is 3.53. The van der Waals surface area contributed by atoms with Crippen molar-refractivity contribution >= 4 is 0 Å². The molecule has 0 amide bonds. The first kappa shape index (κ1) is 12.6. The number of hydrogen-bond donors (Lipinski definition) is 1. The molecule has 2 atom stereocenters. The molecule has 0 aromatic heterocycles. The van der Waals surface area contributed by atoms with Gasteiger partial charge in [-0.2, -0.15) is 0 Å². The molecule has 0 saturated heterocycles. The van der Waals surface area contributed by atoms with Crippen LogP contribution in [0.15, 0.2) is 30.3 Å². The van der Waals surface area contributed by atoms with Crippen LogP contribution in [0.1, 0.15) is 50.5 Å². The fourth-order valence-corrected chi connectivity index (χ4v) is 3.17. The second-order valence-electron chi connectivity index (χ2n) is 5.48. The topological polar surface area (TPSA) is 12.0 Å². The van der Waals surface area contributed by atoms with Crippen LogP contribution in [0, 0.1) is 5.92 Å². The van der Waals surface area contributed by atoms with Gasteiger partial charge in [-0.25, -0.2) is 0 Å². The van der Waals surface area contributed by atoms with E-state index in [1.807, 2.05) is 0 Å². The predicted molar refractivity (Wildman–Crippen MR) is 74.3 cm³/mol. The van der Waals surface area contributed by atoms with Gasteiger partial charge in [0.05, 0.1) is 0 Å². The Morgan fingerprint density at radius 1 is 1.18 bits per heavy atom. The number of nitrogens with one attached hydrogen (secondary N) is 1. The fourth-order valence-electron chi connectivity index (χ4n) is 3.17. The van der Waals surface area contributed by atoms with Crippen molar-refractivity contribution in [2.45, 2.75) is 51.0 Å². The SMILES string of the molecule is CNC(CC1CCCC1)C(C)c1ccccc1. The van der Waals surface area contributed by atoms with Gasteiger partial charge in [-0.05, 0) is 30.9 Å². The van der Waals surface area contributed by atoms with Crippen LogP contribution < -0.4 is 5.32 Å². The third-order valence-corrected chi connectivity index (χ3v) is 4.36. The number of benzene rings is 1. The van der Waals surface area contributed by atoms with Crippen LogP contribution >= 0.6 is 0 Å². The van der Waals surface area contributed by atoms with E-state index >= 15 is 0 Å². The minimum atomic E-state index is 0.613. The minimum Gasteiger partial charge on any atom is -0.316 e. The highest BCUT2D eigenvalue weighted by Gasteiger charge is 2.23. The lowest BCUT2D eigenvalue weighted by atomic mass is 9.86. The molecular formula is C16H25N. The van der Waals surface area contributed by atoms with Gasteiger partial charge in [0, 0.05) is 6.04 Å². The lowest BCUT2D eigenvalue weighted by molar-refractivity contribution is 0.369. The maximum Gasteiger partial charge on any atom is 0.0133 e. The molecule has 1 N–H and O–H groups in total. The molecule has 1 aliphatic carbocycles.